The average molecular weight is 469 g/mol. The molecule has 0 aromatic carbocycles. The van der Waals surface area contributed by atoms with E-state index in [9.17, 15) is 4.79 Å². The van der Waals surface area contributed by atoms with Gasteiger partial charge in [-0.3, -0.25) is 4.79 Å². The molecule has 0 amide bonds. The number of fused-ring (bicyclic) bond motifs is 7. The molecule has 5 aliphatic carbocycles. The predicted octanol–water partition coefficient (Wildman–Crippen LogP) is 8.74. The van der Waals surface area contributed by atoms with Crippen LogP contribution in [-0.4, -0.2) is 12.1 Å². The van der Waals surface area contributed by atoms with Gasteiger partial charge in [0.2, 0.25) is 0 Å². The Morgan fingerprint density at radius 1 is 0.765 bits per heavy atom. The molecule has 0 unspecified atom stereocenters. The van der Waals surface area contributed by atoms with Crippen LogP contribution in [0.5, 0.6) is 0 Å². The lowest BCUT2D eigenvalue weighted by molar-refractivity contribution is -0.233. The molecular weight excluding hydrogens is 416 g/mol. The molecule has 0 radical (unpaired) electrons. The standard InChI is InChI=1S/C32H52O2/c1-21(33)34-26-13-14-30(7)24(28(26,4)5)12-15-32(9)25(30)11-10-22-23-20-27(2,3)16-17-29(23,6)18-19-31(22,32)8/h20,22,24-26H,10-19H2,1-9H3/t22-,24+,25-,26+,29-,30+,31-,32-/m1/s1. The topological polar surface area (TPSA) is 26.3 Å². The van der Waals surface area contributed by atoms with E-state index in [1.807, 2.05) is 5.57 Å². The molecule has 5 aliphatic rings. The van der Waals surface area contributed by atoms with Gasteiger partial charge in [0.15, 0.2) is 0 Å². The van der Waals surface area contributed by atoms with Crippen LogP contribution >= 0.6 is 0 Å². The summed E-state index contributed by atoms with van der Waals surface area (Å²) in [5.41, 5.74) is 3.85. The summed E-state index contributed by atoms with van der Waals surface area (Å²) in [4.78, 5) is 11.9. The van der Waals surface area contributed by atoms with E-state index in [0.29, 0.717) is 33.0 Å². The maximum absolute atomic E-state index is 11.9. The van der Waals surface area contributed by atoms with Crippen LogP contribution < -0.4 is 0 Å². The molecule has 2 heteroatoms. The second-order valence-electron chi connectivity index (χ2n) is 15.7. The molecule has 0 bridgehead atoms. The molecule has 0 N–H and O–H groups in total. The first kappa shape index (κ1) is 24.9. The van der Waals surface area contributed by atoms with E-state index >= 15 is 0 Å². The number of esters is 1. The molecule has 4 saturated carbocycles. The molecule has 0 aromatic heterocycles. The van der Waals surface area contributed by atoms with Crippen LogP contribution in [0, 0.1) is 50.2 Å². The zero-order chi connectivity index (χ0) is 24.9. The van der Waals surface area contributed by atoms with E-state index in [2.05, 4.69) is 61.5 Å². The summed E-state index contributed by atoms with van der Waals surface area (Å²) in [6.45, 7) is 22.0. The van der Waals surface area contributed by atoms with Crippen LogP contribution in [0.15, 0.2) is 11.6 Å². The number of rotatable bonds is 1. The molecule has 4 fully saturated rings. The van der Waals surface area contributed by atoms with Crippen molar-refractivity contribution in [3.05, 3.63) is 11.6 Å². The normalized spacial score (nSPS) is 51.1. The van der Waals surface area contributed by atoms with Gasteiger partial charge in [-0.15, -0.1) is 0 Å². The SMILES string of the molecule is CC(=O)O[C@H]1CC[C@]2(C)[C@H]3CC[C@@H]4C5=CC(C)(C)CC[C@]5(C)CC[C@@]4(C)[C@]3(C)CC[C@H]2C1(C)C. The smallest absolute Gasteiger partial charge is 0.302 e. The number of allylic oxidation sites excluding steroid dienone is 2. The van der Waals surface area contributed by atoms with E-state index < -0.39 is 0 Å². The van der Waals surface area contributed by atoms with E-state index in [1.54, 1.807) is 6.92 Å². The first-order chi connectivity index (χ1) is 15.6. The van der Waals surface area contributed by atoms with Crippen molar-refractivity contribution in [2.24, 2.45) is 50.2 Å². The lowest BCUT2D eigenvalue weighted by Gasteiger charge is -2.72. The van der Waals surface area contributed by atoms with E-state index in [-0.39, 0.29) is 17.5 Å². The zero-order valence-corrected chi connectivity index (χ0v) is 23.8. The van der Waals surface area contributed by atoms with Crippen molar-refractivity contribution in [2.75, 3.05) is 0 Å². The average Bonchev–Trinajstić information content (AvgIpc) is 2.72. The third kappa shape index (κ3) is 3.21. The van der Waals surface area contributed by atoms with Gasteiger partial charge >= 0.3 is 5.97 Å². The fourth-order valence-electron chi connectivity index (χ4n) is 11.0. The second-order valence-corrected chi connectivity index (χ2v) is 15.7. The maximum atomic E-state index is 11.9. The summed E-state index contributed by atoms with van der Waals surface area (Å²) >= 11 is 0. The van der Waals surface area contributed by atoms with Gasteiger partial charge in [-0.1, -0.05) is 67.0 Å². The summed E-state index contributed by atoms with van der Waals surface area (Å²) in [7, 11) is 0. The van der Waals surface area contributed by atoms with Crippen molar-refractivity contribution in [1.29, 1.82) is 0 Å². The molecule has 0 aromatic rings. The number of hydrogen-bond donors (Lipinski definition) is 0. The third-order valence-corrected chi connectivity index (χ3v) is 13.2. The highest BCUT2D eigenvalue weighted by atomic mass is 16.5. The fourth-order valence-corrected chi connectivity index (χ4v) is 11.0. The van der Waals surface area contributed by atoms with Crippen LogP contribution in [0.25, 0.3) is 0 Å². The Kier molecular flexibility index (Phi) is 5.40. The Morgan fingerprint density at radius 3 is 2.12 bits per heavy atom. The summed E-state index contributed by atoms with van der Waals surface area (Å²) < 4.78 is 5.91. The molecule has 0 heterocycles. The summed E-state index contributed by atoms with van der Waals surface area (Å²) in [6, 6.07) is 0. The molecular formula is C32H52O2. The van der Waals surface area contributed by atoms with Gasteiger partial charge in [-0.05, 0) is 109 Å². The van der Waals surface area contributed by atoms with Crippen molar-refractivity contribution in [3.63, 3.8) is 0 Å². The Morgan fingerprint density at radius 2 is 1.44 bits per heavy atom. The van der Waals surface area contributed by atoms with Crippen molar-refractivity contribution < 1.29 is 9.53 Å². The quantitative estimate of drug-likeness (QED) is 0.284. The molecule has 192 valence electrons. The van der Waals surface area contributed by atoms with E-state index in [0.717, 1.165) is 18.3 Å². The lowest BCUT2D eigenvalue weighted by Crippen LogP contribution is -2.66. The van der Waals surface area contributed by atoms with Gasteiger partial charge in [-0.2, -0.15) is 0 Å². The van der Waals surface area contributed by atoms with Crippen LogP contribution in [0.2, 0.25) is 0 Å². The number of carbonyl (C=O) groups is 1. The van der Waals surface area contributed by atoms with Crippen molar-refractivity contribution in [2.45, 2.75) is 133 Å². The molecule has 8 atom stereocenters. The molecule has 0 aliphatic heterocycles. The maximum Gasteiger partial charge on any atom is 0.302 e. The Hall–Kier alpha value is -0.790. The van der Waals surface area contributed by atoms with Crippen molar-refractivity contribution in [1.82, 2.24) is 0 Å². The Balaban J connectivity index is 1.51. The van der Waals surface area contributed by atoms with Crippen LogP contribution in [-0.2, 0) is 9.53 Å². The predicted molar refractivity (Wildman–Crippen MR) is 140 cm³/mol. The second kappa shape index (κ2) is 7.38. The van der Waals surface area contributed by atoms with E-state index in [1.165, 1.54) is 57.8 Å². The number of hydrogen-bond acceptors (Lipinski definition) is 2. The highest BCUT2D eigenvalue weighted by Crippen LogP contribution is 2.76. The van der Waals surface area contributed by atoms with Crippen LogP contribution in [0.4, 0.5) is 0 Å². The summed E-state index contributed by atoms with van der Waals surface area (Å²) in [5, 5.41) is 0. The molecule has 0 saturated heterocycles. The van der Waals surface area contributed by atoms with Gasteiger partial charge in [0.25, 0.3) is 0 Å². The number of carbonyl (C=O) groups excluding carboxylic acids is 1. The molecule has 0 spiro atoms. The van der Waals surface area contributed by atoms with Crippen molar-refractivity contribution >= 4 is 5.97 Å². The highest BCUT2D eigenvalue weighted by Gasteiger charge is 2.69. The van der Waals surface area contributed by atoms with E-state index in [4.69, 9.17) is 4.74 Å². The summed E-state index contributed by atoms with van der Waals surface area (Å²) in [5.74, 6) is 2.07. The van der Waals surface area contributed by atoms with Gasteiger partial charge < -0.3 is 4.74 Å². The van der Waals surface area contributed by atoms with Gasteiger partial charge in [0.05, 0.1) is 0 Å². The van der Waals surface area contributed by atoms with Gasteiger partial charge in [0, 0.05) is 12.3 Å². The van der Waals surface area contributed by atoms with Crippen LogP contribution in [0.3, 0.4) is 0 Å². The minimum Gasteiger partial charge on any atom is -0.462 e. The molecule has 34 heavy (non-hydrogen) atoms. The summed E-state index contributed by atoms with van der Waals surface area (Å²) in [6.07, 6.45) is 16.0. The fraction of sp³-hybridized carbons (Fsp3) is 0.906. The third-order valence-electron chi connectivity index (χ3n) is 13.2. The largest absolute Gasteiger partial charge is 0.462 e. The number of ether oxygens (including phenoxy) is 1. The minimum atomic E-state index is -0.107. The minimum absolute atomic E-state index is 0.0544. The van der Waals surface area contributed by atoms with Crippen LogP contribution in [0.1, 0.15) is 127 Å². The van der Waals surface area contributed by atoms with Gasteiger partial charge in [0.1, 0.15) is 6.10 Å². The lowest BCUT2D eigenvalue weighted by atomic mass is 9.32. The Bertz CT molecular complexity index is 897. The highest BCUT2D eigenvalue weighted by molar-refractivity contribution is 5.66. The monoisotopic (exact) mass is 468 g/mol. The molecule has 5 rings (SSSR count). The zero-order valence-electron chi connectivity index (χ0n) is 23.8. The van der Waals surface area contributed by atoms with Crippen molar-refractivity contribution in [3.8, 4) is 0 Å². The molecule has 2 nitrogen and oxygen atoms in total. The first-order valence-corrected chi connectivity index (χ1v) is 14.5. The Labute approximate surface area is 210 Å². The van der Waals surface area contributed by atoms with Gasteiger partial charge in [-0.25, -0.2) is 0 Å². The first-order valence-electron chi connectivity index (χ1n) is 14.5.